The zero-order valence-corrected chi connectivity index (χ0v) is 12.8. The molecule has 2 rings (SSSR count). The van der Waals surface area contributed by atoms with Crippen molar-refractivity contribution in [3.63, 3.8) is 0 Å². The number of nitrogens with one attached hydrogen (secondary N) is 1. The van der Waals surface area contributed by atoms with Crippen LogP contribution in [0.15, 0.2) is 24.3 Å². The third-order valence-corrected chi connectivity index (χ3v) is 3.84. The average molecular weight is 308 g/mol. The lowest BCUT2D eigenvalue weighted by molar-refractivity contribution is -0.148. The number of ether oxygens (including phenoxy) is 1. The second kappa shape index (κ2) is 7.35. The van der Waals surface area contributed by atoms with E-state index < -0.39 is 6.04 Å². The maximum absolute atomic E-state index is 13.1. The summed E-state index contributed by atoms with van der Waals surface area (Å²) in [7, 11) is 1.34. The summed E-state index contributed by atoms with van der Waals surface area (Å²) in [5.41, 5.74) is 0.691. The van der Waals surface area contributed by atoms with Gasteiger partial charge in [0.25, 0.3) is 0 Å². The lowest BCUT2D eigenvalue weighted by Gasteiger charge is -2.37. The van der Waals surface area contributed by atoms with Crippen LogP contribution in [-0.4, -0.2) is 43.0 Å². The fourth-order valence-corrected chi connectivity index (χ4v) is 2.90. The third-order valence-electron chi connectivity index (χ3n) is 3.84. The quantitative estimate of drug-likeness (QED) is 0.859. The molecule has 6 heteroatoms. The molecule has 0 saturated carbocycles. The molecule has 1 aromatic carbocycles. The van der Waals surface area contributed by atoms with Crippen LogP contribution in [0.3, 0.4) is 0 Å². The Labute approximate surface area is 129 Å². The van der Waals surface area contributed by atoms with Crippen LogP contribution in [0.25, 0.3) is 0 Å². The molecular formula is C16H21FN2O3. The van der Waals surface area contributed by atoms with Crippen LogP contribution >= 0.6 is 0 Å². The molecule has 0 aliphatic carbocycles. The first kappa shape index (κ1) is 16.4. The average Bonchev–Trinajstić information content (AvgIpc) is 2.49. The van der Waals surface area contributed by atoms with E-state index in [1.54, 1.807) is 12.1 Å². The van der Waals surface area contributed by atoms with Crippen LogP contribution in [0.1, 0.15) is 31.4 Å². The molecule has 1 aromatic rings. The minimum absolute atomic E-state index is 0.0128. The Balaban J connectivity index is 2.19. The molecule has 0 bridgehead atoms. The zero-order chi connectivity index (χ0) is 16.1. The highest BCUT2D eigenvalue weighted by Gasteiger charge is 2.32. The number of halogens is 1. The van der Waals surface area contributed by atoms with E-state index in [2.05, 4.69) is 5.32 Å². The monoisotopic (exact) mass is 308 g/mol. The number of carbonyl (C=O) groups excluding carboxylic acids is 2. The van der Waals surface area contributed by atoms with E-state index in [-0.39, 0.29) is 23.7 Å². The molecule has 1 heterocycles. The number of carbonyl (C=O) groups is 2. The second-order valence-electron chi connectivity index (χ2n) is 5.51. The Kier molecular flexibility index (Phi) is 5.49. The smallest absolute Gasteiger partial charge is 0.327 e. The van der Waals surface area contributed by atoms with E-state index in [0.29, 0.717) is 12.1 Å². The fourth-order valence-electron chi connectivity index (χ4n) is 2.90. The van der Waals surface area contributed by atoms with E-state index in [0.717, 1.165) is 19.4 Å². The Morgan fingerprint density at radius 2 is 2.05 bits per heavy atom. The van der Waals surface area contributed by atoms with E-state index >= 15 is 0 Å². The van der Waals surface area contributed by atoms with Gasteiger partial charge in [-0.3, -0.25) is 9.69 Å². The van der Waals surface area contributed by atoms with Crippen LogP contribution in [-0.2, 0) is 14.3 Å². The van der Waals surface area contributed by atoms with Crippen molar-refractivity contribution in [2.75, 3.05) is 20.2 Å². The SMILES string of the molecule is COC(=O)[C@H](c1ccc(F)cc1)N1CCC[C@H](NC(C)=O)C1. The molecule has 0 spiro atoms. The number of rotatable bonds is 4. The molecule has 2 atom stereocenters. The number of nitrogens with zero attached hydrogens (tertiary/aromatic N) is 1. The Morgan fingerprint density at radius 1 is 1.36 bits per heavy atom. The highest BCUT2D eigenvalue weighted by molar-refractivity contribution is 5.77. The summed E-state index contributed by atoms with van der Waals surface area (Å²) in [6, 6.07) is 5.29. The predicted molar refractivity (Wildman–Crippen MR) is 79.6 cm³/mol. The molecule has 120 valence electrons. The van der Waals surface area contributed by atoms with Crippen molar-refractivity contribution in [2.24, 2.45) is 0 Å². The number of benzene rings is 1. The van der Waals surface area contributed by atoms with Gasteiger partial charge >= 0.3 is 5.97 Å². The summed E-state index contributed by atoms with van der Waals surface area (Å²) >= 11 is 0. The summed E-state index contributed by atoms with van der Waals surface area (Å²) in [6.45, 7) is 2.78. The lowest BCUT2D eigenvalue weighted by Crippen LogP contribution is -2.49. The molecule has 1 amide bonds. The summed E-state index contributed by atoms with van der Waals surface area (Å²) in [5.74, 6) is -0.805. The van der Waals surface area contributed by atoms with Crippen molar-refractivity contribution < 1.29 is 18.7 Å². The van der Waals surface area contributed by atoms with Crippen molar-refractivity contribution in [1.82, 2.24) is 10.2 Å². The topological polar surface area (TPSA) is 58.6 Å². The lowest BCUT2D eigenvalue weighted by atomic mass is 9.99. The van der Waals surface area contributed by atoms with Crippen molar-refractivity contribution >= 4 is 11.9 Å². The van der Waals surface area contributed by atoms with Gasteiger partial charge in [0.15, 0.2) is 0 Å². The Bertz CT molecular complexity index is 533. The van der Waals surface area contributed by atoms with Gasteiger partial charge in [0.1, 0.15) is 11.9 Å². The second-order valence-corrected chi connectivity index (χ2v) is 5.51. The number of methoxy groups -OCH3 is 1. The molecule has 1 N–H and O–H groups in total. The van der Waals surface area contributed by atoms with Gasteiger partial charge in [-0.05, 0) is 37.1 Å². The minimum atomic E-state index is -0.581. The maximum Gasteiger partial charge on any atom is 0.327 e. The Morgan fingerprint density at radius 3 is 2.64 bits per heavy atom. The first-order chi connectivity index (χ1) is 10.5. The van der Waals surface area contributed by atoms with Crippen molar-refractivity contribution in [1.29, 1.82) is 0 Å². The van der Waals surface area contributed by atoms with Crippen LogP contribution < -0.4 is 5.32 Å². The molecule has 1 saturated heterocycles. The largest absolute Gasteiger partial charge is 0.468 e. The molecule has 5 nitrogen and oxygen atoms in total. The zero-order valence-electron chi connectivity index (χ0n) is 12.8. The van der Waals surface area contributed by atoms with Gasteiger partial charge in [0.2, 0.25) is 5.91 Å². The predicted octanol–water partition coefficient (Wildman–Crippen LogP) is 1.64. The van der Waals surface area contributed by atoms with E-state index in [9.17, 15) is 14.0 Å². The van der Waals surface area contributed by atoms with Gasteiger partial charge < -0.3 is 10.1 Å². The van der Waals surface area contributed by atoms with Gasteiger partial charge in [0.05, 0.1) is 7.11 Å². The summed E-state index contributed by atoms with van der Waals surface area (Å²) in [6.07, 6.45) is 1.76. The van der Waals surface area contributed by atoms with Crippen LogP contribution in [0.5, 0.6) is 0 Å². The van der Waals surface area contributed by atoms with Crippen molar-refractivity contribution in [3.05, 3.63) is 35.6 Å². The minimum Gasteiger partial charge on any atom is -0.468 e. The van der Waals surface area contributed by atoms with Crippen molar-refractivity contribution in [3.8, 4) is 0 Å². The number of piperidine rings is 1. The van der Waals surface area contributed by atoms with Crippen molar-refractivity contribution in [2.45, 2.75) is 31.8 Å². The highest BCUT2D eigenvalue weighted by atomic mass is 19.1. The molecule has 0 aromatic heterocycles. The van der Waals surface area contributed by atoms with Gasteiger partial charge in [-0.25, -0.2) is 9.18 Å². The van der Waals surface area contributed by atoms with Crippen LogP contribution in [0, 0.1) is 5.82 Å². The fraction of sp³-hybridized carbons (Fsp3) is 0.500. The first-order valence-electron chi connectivity index (χ1n) is 7.35. The number of hydrogen-bond donors (Lipinski definition) is 1. The number of likely N-dealkylation sites (tertiary alicyclic amines) is 1. The summed E-state index contributed by atoms with van der Waals surface area (Å²) in [4.78, 5) is 25.4. The molecule has 1 fully saturated rings. The van der Waals surface area contributed by atoms with E-state index in [4.69, 9.17) is 4.74 Å². The highest BCUT2D eigenvalue weighted by Crippen LogP contribution is 2.26. The normalized spacial score (nSPS) is 20.2. The summed E-state index contributed by atoms with van der Waals surface area (Å²) in [5, 5.41) is 2.89. The molecule has 0 unspecified atom stereocenters. The molecule has 1 aliphatic heterocycles. The van der Waals surface area contributed by atoms with Crippen LogP contribution in [0.2, 0.25) is 0 Å². The van der Waals surface area contributed by atoms with Gasteiger partial charge in [-0.15, -0.1) is 0 Å². The molecular weight excluding hydrogens is 287 g/mol. The molecule has 1 aliphatic rings. The first-order valence-corrected chi connectivity index (χ1v) is 7.35. The van der Waals surface area contributed by atoms with Gasteiger partial charge in [-0.1, -0.05) is 12.1 Å². The maximum atomic E-state index is 13.1. The Hall–Kier alpha value is -1.95. The number of esters is 1. The molecule has 22 heavy (non-hydrogen) atoms. The van der Waals surface area contributed by atoms with E-state index in [1.165, 1.54) is 26.2 Å². The van der Waals surface area contributed by atoms with E-state index in [1.807, 2.05) is 4.90 Å². The standard InChI is InChI=1S/C16H21FN2O3/c1-11(20)18-14-4-3-9-19(10-14)15(16(21)22-2)12-5-7-13(17)8-6-12/h5-8,14-15H,3-4,9-10H2,1-2H3,(H,18,20)/t14-,15-/m0/s1. The van der Waals surface area contributed by atoms with Gasteiger partial charge in [-0.2, -0.15) is 0 Å². The van der Waals surface area contributed by atoms with Crippen LogP contribution in [0.4, 0.5) is 4.39 Å². The summed E-state index contributed by atoms with van der Waals surface area (Å²) < 4.78 is 18.0. The van der Waals surface area contributed by atoms with Gasteiger partial charge in [0, 0.05) is 19.5 Å². The number of amides is 1. The molecule has 0 radical (unpaired) electrons. The third kappa shape index (κ3) is 4.04. The number of hydrogen-bond acceptors (Lipinski definition) is 4.